The second kappa shape index (κ2) is 9.80. The Balaban J connectivity index is 1.80. The molecule has 0 amide bonds. The second-order valence-electron chi connectivity index (χ2n) is 7.91. The number of hydrogen-bond acceptors (Lipinski definition) is 0. The van der Waals surface area contributed by atoms with Gasteiger partial charge in [-0.3, -0.25) is 0 Å². The van der Waals surface area contributed by atoms with Gasteiger partial charge in [0.1, 0.15) is 0 Å². The maximum atomic E-state index is 17.8. The first-order chi connectivity index (χ1) is 16.3. The fourth-order valence-electron chi connectivity index (χ4n) is 4.35. The van der Waals surface area contributed by atoms with Gasteiger partial charge >= 0.3 is 197 Å². The Morgan fingerprint density at radius 3 is 1.24 bits per heavy atom. The third-order valence-electron chi connectivity index (χ3n) is 5.89. The summed E-state index contributed by atoms with van der Waals surface area (Å²) in [6, 6.07) is 48.7. The van der Waals surface area contributed by atoms with Gasteiger partial charge in [0.05, 0.1) is 0 Å². The molecule has 0 spiro atoms. The Labute approximate surface area is 197 Å². The van der Waals surface area contributed by atoms with Crippen molar-refractivity contribution >= 4 is 47.3 Å². The predicted molar refractivity (Wildman–Crippen MR) is 146 cm³/mol. The number of halogens is 1. The Morgan fingerprint density at radius 2 is 0.788 bits per heavy atom. The molecule has 0 nitrogen and oxygen atoms in total. The molecule has 33 heavy (non-hydrogen) atoms. The Hall–Kier alpha value is -3.11. The van der Waals surface area contributed by atoms with E-state index < -0.39 is 15.5 Å². The minimum atomic E-state index is -3.73. The van der Waals surface area contributed by atoms with Crippen molar-refractivity contribution in [1.29, 1.82) is 0 Å². The molecule has 0 aliphatic rings. The summed E-state index contributed by atoms with van der Waals surface area (Å²) in [5.74, 6) is 0. The summed E-state index contributed by atoms with van der Waals surface area (Å²) in [6.07, 6.45) is 0. The second-order valence-corrected chi connectivity index (χ2v) is 13.1. The van der Waals surface area contributed by atoms with Crippen LogP contribution in [0.3, 0.4) is 0 Å². The van der Waals surface area contributed by atoms with Crippen LogP contribution in [0.5, 0.6) is 0 Å². The summed E-state index contributed by atoms with van der Waals surface area (Å²) in [5.41, 5.74) is 0. The molecule has 0 unspecified atom stereocenters. The molecule has 0 radical (unpaired) electrons. The molecule has 5 aromatic carbocycles. The molecule has 0 saturated carbocycles. The van der Waals surface area contributed by atoms with E-state index in [9.17, 15) is 0 Å². The van der Waals surface area contributed by atoms with Crippen LogP contribution in [0, 0.1) is 0 Å². The minimum absolute atomic E-state index is 0.778. The summed E-state index contributed by atoms with van der Waals surface area (Å²) in [5, 5.41) is 5.93. The molecule has 0 fully saturated rings. The van der Waals surface area contributed by atoms with Crippen molar-refractivity contribution in [1.82, 2.24) is 0 Å². The van der Waals surface area contributed by atoms with Crippen molar-refractivity contribution in [3.63, 3.8) is 0 Å². The summed E-state index contributed by atoms with van der Waals surface area (Å²) in [4.78, 5) is 0. The first-order valence-corrected chi connectivity index (χ1v) is 14.3. The molecule has 0 bridgehead atoms. The van der Waals surface area contributed by atoms with Gasteiger partial charge in [0.15, 0.2) is 0 Å². The van der Waals surface area contributed by atoms with E-state index in [0.717, 1.165) is 21.2 Å². The average Bonchev–Trinajstić information content (AvgIpc) is 2.91. The normalized spacial score (nSPS) is 11.9. The van der Waals surface area contributed by atoms with Gasteiger partial charge in [0.25, 0.3) is 0 Å². The SMILES string of the molecule is F[PH](c1ccccc1)(c1ccccc1)c1ccccc1P(c1ccccc1)c1ccccc1. The molecule has 3 heteroatoms. The molecule has 5 rings (SSSR count). The van der Waals surface area contributed by atoms with E-state index in [4.69, 9.17) is 0 Å². The monoisotopic (exact) mass is 466 g/mol. The van der Waals surface area contributed by atoms with Crippen LogP contribution in [-0.4, -0.2) is 0 Å². The predicted octanol–water partition coefficient (Wildman–Crippen LogP) is 5.36. The molecule has 162 valence electrons. The molecule has 0 saturated heterocycles. The quantitative estimate of drug-likeness (QED) is 0.296. The van der Waals surface area contributed by atoms with Crippen molar-refractivity contribution < 1.29 is 4.20 Å². The zero-order valence-corrected chi connectivity index (χ0v) is 20.1. The van der Waals surface area contributed by atoms with Gasteiger partial charge in [-0.2, -0.15) is 0 Å². The van der Waals surface area contributed by atoms with E-state index in [2.05, 4.69) is 54.6 Å². The third-order valence-corrected chi connectivity index (χ3v) is 12.0. The van der Waals surface area contributed by atoms with E-state index >= 15 is 4.20 Å². The van der Waals surface area contributed by atoms with Crippen molar-refractivity contribution in [3.05, 3.63) is 146 Å². The van der Waals surface area contributed by atoms with Crippen LogP contribution in [0.1, 0.15) is 0 Å². The van der Waals surface area contributed by atoms with E-state index in [1.807, 2.05) is 91.0 Å². The van der Waals surface area contributed by atoms with Crippen LogP contribution in [0.25, 0.3) is 0 Å². The first-order valence-electron chi connectivity index (χ1n) is 11.1. The molecule has 0 aliphatic heterocycles. The molecule has 0 aromatic heterocycles. The molecule has 0 N–H and O–H groups in total. The van der Waals surface area contributed by atoms with Crippen LogP contribution in [0.4, 0.5) is 4.20 Å². The Kier molecular flexibility index (Phi) is 6.45. The number of rotatable bonds is 6. The molecular weight excluding hydrogens is 441 g/mol. The average molecular weight is 466 g/mol. The summed E-state index contributed by atoms with van der Waals surface area (Å²) in [6.45, 7) is 0. The number of benzene rings is 5. The third kappa shape index (κ3) is 4.28. The molecule has 0 heterocycles. The molecule has 0 aliphatic carbocycles. The first kappa shape index (κ1) is 21.7. The Morgan fingerprint density at radius 1 is 0.424 bits per heavy atom. The standard InChI is InChI=1S/C30H25FP2/c31-33(27-19-9-3-10-20-27,28-21-11-4-12-22-28)30-24-14-13-23-29(30)32(25-15-5-1-6-16-25)26-17-7-2-8-18-26/h1-24,33H. The summed E-state index contributed by atoms with van der Waals surface area (Å²) < 4.78 is 17.8. The summed E-state index contributed by atoms with van der Waals surface area (Å²) in [7, 11) is -4.65. The molecule has 5 aromatic rings. The van der Waals surface area contributed by atoms with E-state index in [1.54, 1.807) is 0 Å². The zero-order valence-electron chi connectivity index (χ0n) is 18.2. The maximum absolute atomic E-state index is 17.8. The van der Waals surface area contributed by atoms with Crippen LogP contribution in [0.15, 0.2) is 146 Å². The van der Waals surface area contributed by atoms with Crippen molar-refractivity contribution in [3.8, 4) is 0 Å². The zero-order chi connectivity index (χ0) is 22.5. The van der Waals surface area contributed by atoms with Gasteiger partial charge in [-0.05, 0) is 0 Å². The van der Waals surface area contributed by atoms with Crippen LogP contribution < -0.4 is 31.8 Å². The van der Waals surface area contributed by atoms with Crippen molar-refractivity contribution in [2.75, 3.05) is 0 Å². The number of hydrogen-bond donors (Lipinski definition) is 0. The van der Waals surface area contributed by atoms with Crippen LogP contribution in [-0.2, 0) is 0 Å². The van der Waals surface area contributed by atoms with E-state index in [-0.39, 0.29) is 0 Å². The topological polar surface area (TPSA) is 0 Å². The molecule has 0 atom stereocenters. The van der Waals surface area contributed by atoms with Crippen molar-refractivity contribution in [2.45, 2.75) is 0 Å². The van der Waals surface area contributed by atoms with Gasteiger partial charge in [-0.15, -0.1) is 0 Å². The van der Waals surface area contributed by atoms with Gasteiger partial charge in [-0.25, -0.2) is 0 Å². The van der Waals surface area contributed by atoms with Gasteiger partial charge in [0, 0.05) is 0 Å². The van der Waals surface area contributed by atoms with E-state index in [1.165, 1.54) is 10.6 Å². The van der Waals surface area contributed by atoms with Gasteiger partial charge in [0.2, 0.25) is 0 Å². The van der Waals surface area contributed by atoms with Gasteiger partial charge < -0.3 is 0 Å². The van der Waals surface area contributed by atoms with Gasteiger partial charge in [-0.1, -0.05) is 0 Å². The summed E-state index contributed by atoms with van der Waals surface area (Å²) >= 11 is 0. The van der Waals surface area contributed by atoms with Crippen molar-refractivity contribution in [2.24, 2.45) is 0 Å². The van der Waals surface area contributed by atoms with E-state index in [0.29, 0.717) is 0 Å². The fourth-order valence-corrected chi connectivity index (χ4v) is 10.5. The van der Waals surface area contributed by atoms with Crippen LogP contribution in [0.2, 0.25) is 0 Å². The molecular formula is C30H25FP2. The van der Waals surface area contributed by atoms with Crippen LogP contribution >= 0.6 is 15.5 Å². The Bertz CT molecular complexity index is 1230. The fraction of sp³-hybridized carbons (Fsp3) is 0.